The van der Waals surface area contributed by atoms with Crippen molar-refractivity contribution in [2.75, 3.05) is 17.9 Å². The van der Waals surface area contributed by atoms with Crippen molar-refractivity contribution in [3.8, 4) is 0 Å². The van der Waals surface area contributed by atoms with E-state index in [-0.39, 0.29) is 17.4 Å². The summed E-state index contributed by atoms with van der Waals surface area (Å²) in [7, 11) is -3.74. The molecule has 2 aromatic carbocycles. The maximum Gasteiger partial charge on any atom is 0.262 e. The SMILES string of the molecule is Cc1ccc(C)c(S(=O)(=O)Nc2cccc(C(=O)NCCCO)c2)c1. The molecule has 0 aliphatic carbocycles. The number of anilines is 1. The van der Waals surface area contributed by atoms with Gasteiger partial charge in [-0.05, 0) is 55.7 Å². The van der Waals surface area contributed by atoms with E-state index in [2.05, 4.69) is 10.0 Å². The number of sulfonamides is 1. The normalized spacial score (nSPS) is 11.2. The van der Waals surface area contributed by atoms with Crippen LogP contribution in [0.5, 0.6) is 0 Å². The van der Waals surface area contributed by atoms with Crippen LogP contribution in [0.2, 0.25) is 0 Å². The molecule has 0 aliphatic heterocycles. The summed E-state index contributed by atoms with van der Waals surface area (Å²) in [6.07, 6.45) is 0.463. The lowest BCUT2D eigenvalue weighted by Gasteiger charge is -2.12. The molecule has 25 heavy (non-hydrogen) atoms. The van der Waals surface area contributed by atoms with Gasteiger partial charge in [-0.3, -0.25) is 9.52 Å². The Balaban J connectivity index is 2.21. The van der Waals surface area contributed by atoms with Crippen LogP contribution in [0, 0.1) is 13.8 Å². The Kier molecular flexibility index (Phi) is 6.17. The van der Waals surface area contributed by atoms with Gasteiger partial charge < -0.3 is 10.4 Å². The van der Waals surface area contributed by atoms with Gasteiger partial charge in [-0.1, -0.05) is 18.2 Å². The Morgan fingerprint density at radius 1 is 1.12 bits per heavy atom. The van der Waals surface area contributed by atoms with Crippen LogP contribution < -0.4 is 10.0 Å². The standard InChI is InChI=1S/C18H22N2O4S/c1-13-7-8-14(2)17(11-13)25(23,24)20-16-6-3-5-15(12-16)18(22)19-9-4-10-21/h3,5-8,11-12,20-21H,4,9-10H2,1-2H3,(H,19,22). The summed E-state index contributed by atoms with van der Waals surface area (Å²) >= 11 is 0. The minimum absolute atomic E-state index is 0.00401. The zero-order valence-corrected chi connectivity index (χ0v) is 15.1. The highest BCUT2D eigenvalue weighted by Crippen LogP contribution is 2.21. The number of aliphatic hydroxyl groups excluding tert-OH is 1. The summed E-state index contributed by atoms with van der Waals surface area (Å²) in [5.74, 6) is -0.318. The molecule has 1 amide bonds. The molecule has 7 heteroatoms. The van der Waals surface area contributed by atoms with E-state index in [9.17, 15) is 13.2 Å². The summed E-state index contributed by atoms with van der Waals surface area (Å²) in [6, 6.07) is 11.5. The highest BCUT2D eigenvalue weighted by molar-refractivity contribution is 7.92. The first-order valence-corrected chi connectivity index (χ1v) is 9.41. The Morgan fingerprint density at radius 2 is 1.88 bits per heavy atom. The van der Waals surface area contributed by atoms with E-state index in [1.54, 1.807) is 37.3 Å². The van der Waals surface area contributed by atoms with Crippen molar-refractivity contribution in [1.29, 1.82) is 0 Å². The second kappa shape index (κ2) is 8.13. The minimum atomic E-state index is -3.74. The summed E-state index contributed by atoms with van der Waals surface area (Å²) in [5.41, 5.74) is 2.16. The van der Waals surface area contributed by atoms with Crippen molar-refractivity contribution in [1.82, 2.24) is 5.32 Å². The van der Waals surface area contributed by atoms with E-state index >= 15 is 0 Å². The molecule has 0 aromatic heterocycles. The fraction of sp³-hybridized carbons (Fsp3) is 0.278. The number of benzene rings is 2. The number of nitrogens with one attached hydrogen (secondary N) is 2. The van der Waals surface area contributed by atoms with Crippen LogP contribution in [0.25, 0.3) is 0 Å². The number of carbonyl (C=O) groups excluding carboxylic acids is 1. The molecule has 0 fully saturated rings. The fourth-order valence-corrected chi connectivity index (χ4v) is 3.69. The molecule has 0 saturated carbocycles. The van der Waals surface area contributed by atoms with Gasteiger partial charge in [0.15, 0.2) is 0 Å². The molecule has 2 rings (SSSR count). The summed E-state index contributed by atoms with van der Waals surface area (Å²) < 4.78 is 27.8. The molecular weight excluding hydrogens is 340 g/mol. The lowest BCUT2D eigenvalue weighted by Crippen LogP contribution is -2.25. The van der Waals surface area contributed by atoms with Crippen LogP contribution in [0.3, 0.4) is 0 Å². The van der Waals surface area contributed by atoms with Crippen molar-refractivity contribution in [2.45, 2.75) is 25.2 Å². The predicted molar refractivity (Wildman–Crippen MR) is 97.2 cm³/mol. The van der Waals surface area contributed by atoms with E-state index in [1.165, 1.54) is 6.07 Å². The molecule has 0 radical (unpaired) electrons. The predicted octanol–water partition coefficient (Wildman–Crippen LogP) is 2.22. The second-order valence-electron chi connectivity index (χ2n) is 5.79. The average molecular weight is 362 g/mol. The summed E-state index contributed by atoms with van der Waals surface area (Å²) in [4.78, 5) is 12.2. The molecule has 0 heterocycles. The van der Waals surface area contributed by atoms with Gasteiger partial charge in [-0.2, -0.15) is 0 Å². The van der Waals surface area contributed by atoms with E-state index in [0.29, 0.717) is 29.8 Å². The van der Waals surface area contributed by atoms with Crippen LogP contribution in [0.15, 0.2) is 47.4 Å². The number of aliphatic hydroxyl groups is 1. The third-order valence-electron chi connectivity index (χ3n) is 3.63. The first-order valence-electron chi connectivity index (χ1n) is 7.92. The first-order chi connectivity index (χ1) is 11.8. The number of hydrogen-bond donors (Lipinski definition) is 3. The topological polar surface area (TPSA) is 95.5 Å². The van der Waals surface area contributed by atoms with E-state index in [1.807, 2.05) is 13.0 Å². The van der Waals surface area contributed by atoms with Gasteiger partial charge in [0, 0.05) is 24.4 Å². The molecule has 0 unspecified atom stereocenters. The number of amides is 1. The minimum Gasteiger partial charge on any atom is -0.396 e. The number of carbonyl (C=O) groups is 1. The van der Waals surface area contributed by atoms with Crippen LogP contribution in [0.1, 0.15) is 27.9 Å². The van der Waals surface area contributed by atoms with Crippen molar-refractivity contribution in [3.05, 3.63) is 59.2 Å². The summed E-state index contributed by atoms with van der Waals surface area (Å²) in [5, 5.41) is 11.4. The third-order valence-corrected chi connectivity index (χ3v) is 5.15. The Morgan fingerprint density at radius 3 is 2.60 bits per heavy atom. The van der Waals surface area contributed by atoms with Gasteiger partial charge in [-0.15, -0.1) is 0 Å². The van der Waals surface area contributed by atoms with E-state index in [0.717, 1.165) is 5.56 Å². The largest absolute Gasteiger partial charge is 0.396 e. The lowest BCUT2D eigenvalue weighted by atomic mass is 10.2. The van der Waals surface area contributed by atoms with Crippen LogP contribution in [-0.4, -0.2) is 32.6 Å². The zero-order valence-electron chi connectivity index (χ0n) is 14.2. The molecule has 0 saturated heterocycles. The van der Waals surface area contributed by atoms with Crippen molar-refractivity contribution in [2.24, 2.45) is 0 Å². The number of aryl methyl sites for hydroxylation is 2. The van der Waals surface area contributed by atoms with Gasteiger partial charge >= 0.3 is 0 Å². The Hall–Kier alpha value is -2.38. The lowest BCUT2D eigenvalue weighted by molar-refractivity contribution is 0.0951. The van der Waals surface area contributed by atoms with Gasteiger partial charge in [0.05, 0.1) is 4.90 Å². The number of hydrogen-bond acceptors (Lipinski definition) is 4. The summed E-state index contributed by atoms with van der Waals surface area (Å²) in [6.45, 7) is 3.92. The molecule has 0 spiro atoms. The van der Waals surface area contributed by atoms with Crippen LogP contribution in [0.4, 0.5) is 5.69 Å². The average Bonchev–Trinajstić information content (AvgIpc) is 2.57. The van der Waals surface area contributed by atoms with Crippen molar-refractivity contribution in [3.63, 3.8) is 0 Å². The fourth-order valence-electron chi connectivity index (χ4n) is 2.31. The molecule has 2 aromatic rings. The number of rotatable bonds is 7. The molecule has 6 nitrogen and oxygen atoms in total. The Bertz CT molecular complexity index is 863. The van der Waals surface area contributed by atoms with Crippen LogP contribution >= 0.6 is 0 Å². The van der Waals surface area contributed by atoms with E-state index < -0.39 is 10.0 Å². The van der Waals surface area contributed by atoms with Crippen molar-refractivity contribution >= 4 is 21.6 Å². The van der Waals surface area contributed by atoms with E-state index in [4.69, 9.17) is 5.11 Å². The highest BCUT2D eigenvalue weighted by atomic mass is 32.2. The Labute approximate surface area is 147 Å². The van der Waals surface area contributed by atoms with Gasteiger partial charge in [0.25, 0.3) is 15.9 Å². The molecular formula is C18H22N2O4S. The second-order valence-corrected chi connectivity index (χ2v) is 7.44. The molecule has 0 aliphatic rings. The van der Waals surface area contributed by atoms with Gasteiger partial charge in [0.2, 0.25) is 0 Å². The van der Waals surface area contributed by atoms with Gasteiger partial charge in [-0.25, -0.2) is 8.42 Å². The highest BCUT2D eigenvalue weighted by Gasteiger charge is 2.17. The maximum absolute atomic E-state index is 12.6. The maximum atomic E-state index is 12.6. The molecule has 3 N–H and O–H groups in total. The van der Waals surface area contributed by atoms with Gasteiger partial charge in [0.1, 0.15) is 0 Å². The van der Waals surface area contributed by atoms with Crippen molar-refractivity contribution < 1.29 is 18.3 Å². The third kappa shape index (κ3) is 5.04. The smallest absolute Gasteiger partial charge is 0.262 e. The first kappa shape index (κ1) is 19.0. The molecule has 0 bridgehead atoms. The monoisotopic (exact) mass is 362 g/mol. The molecule has 134 valence electrons. The molecule has 0 atom stereocenters. The zero-order chi connectivity index (χ0) is 18.4. The van der Waals surface area contributed by atoms with Crippen LogP contribution in [-0.2, 0) is 10.0 Å². The quantitative estimate of drug-likeness (QED) is 0.658.